The SMILES string of the molecule is Nc1nccc(-c2cc(C(N)O)c(-c3c(F)cccc3F)[nH]2)n1. The summed E-state index contributed by atoms with van der Waals surface area (Å²) in [6.07, 6.45) is 0.0219. The van der Waals surface area contributed by atoms with Crippen LogP contribution in [-0.4, -0.2) is 20.1 Å². The van der Waals surface area contributed by atoms with Crippen LogP contribution in [0, 0.1) is 11.6 Å². The van der Waals surface area contributed by atoms with Gasteiger partial charge in [0.1, 0.15) is 17.9 Å². The molecule has 23 heavy (non-hydrogen) atoms. The van der Waals surface area contributed by atoms with Gasteiger partial charge in [-0.2, -0.15) is 0 Å². The molecule has 6 nitrogen and oxygen atoms in total. The molecule has 1 aromatic carbocycles. The smallest absolute Gasteiger partial charge is 0.220 e. The van der Waals surface area contributed by atoms with Crippen molar-refractivity contribution in [3.63, 3.8) is 0 Å². The molecule has 1 unspecified atom stereocenters. The number of nitrogen functional groups attached to an aromatic ring is 1. The van der Waals surface area contributed by atoms with Crippen molar-refractivity contribution < 1.29 is 13.9 Å². The Morgan fingerprint density at radius 2 is 1.87 bits per heavy atom. The molecule has 0 saturated carbocycles. The molecule has 0 fully saturated rings. The number of halogens is 2. The molecule has 0 bridgehead atoms. The van der Waals surface area contributed by atoms with Gasteiger partial charge in [0.25, 0.3) is 0 Å². The highest BCUT2D eigenvalue weighted by atomic mass is 19.1. The summed E-state index contributed by atoms with van der Waals surface area (Å²) >= 11 is 0. The Balaban J connectivity index is 2.21. The highest BCUT2D eigenvalue weighted by Crippen LogP contribution is 2.33. The predicted molar refractivity (Wildman–Crippen MR) is 80.7 cm³/mol. The lowest BCUT2D eigenvalue weighted by molar-refractivity contribution is 0.187. The second-order valence-corrected chi connectivity index (χ2v) is 4.85. The number of nitrogens with two attached hydrogens (primary N) is 2. The van der Waals surface area contributed by atoms with Gasteiger partial charge in [-0.3, -0.25) is 0 Å². The number of aliphatic hydroxyl groups excluding tert-OH is 1. The maximum absolute atomic E-state index is 14.0. The largest absolute Gasteiger partial charge is 0.374 e. The first kappa shape index (κ1) is 15.1. The number of hydrogen-bond acceptors (Lipinski definition) is 5. The minimum Gasteiger partial charge on any atom is -0.374 e. The van der Waals surface area contributed by atoms with E-state index >= 15 is 0 Å². The average molecular weight is 317 g/mol. The number of hydrogen-bond donors (Lipinski definition) is 4. The normalized spacial score (nSPS) is 12.3. The van der Waals surface area contributed by atoms with Crippen molar-refractivity contribution in [1.82, 2.24) is 15.0 Å². The number of nitrogens with one attached hydrogen (secondary N) is 1. The van der Waals surface area contributed by atoms with Gasteiger partial charge in [0, 0.05) is 11.8 Å². The lowest BCUT2D eigenvalue weighted by Crippen LogP contribution is -2.09. The van der Waals surface area contributed by atoms with Crippen molar-refractivity contribution in [3.05, 3.63) is 53.7 Å². The van der Waals surface area contributed by atoms with Crippen molar-refractivity contribution in [1.29, 1.82) is 0 Å². The molecule has 0 aliphatic carbocycles. The molecule has 0 radical (unpaired) electrons. The summed E-state index contributed by atoms with van der Waals surface area (Å²) in [4.78, 5) is 10.6. The van der Waals surface area contributed by atoms with Crippen LogP contribution < -0.4 is 11.5 Å². The zero-order valence-corrected chi connectivity index (χ0v) is 11.8. The second kappa shape index (κ2) is 5.75. The predicted octanol–water partition coefficient (Wildman–Crippen LogP) is 1.95. The average Bonchev–Trinajstić information content (AvgIpc) is 2.92. The van der Waals surface area contributed by atoms with E-state index in [0.29, 0.717) is 11.4 Å². The molecule has 0 saturated heterocycles. The van der Waals surface area contributed by atoms with Crippen LogP contribution in [0.25, 0.3) is 22.6 Å². The molecule has 0 aliphatic rings. The van der Waals surface area contributed by atoms with E-state index in [1.165, 1.54) is 18.3 Å². The quantitative estimate of drug-likeness (QED) is 0.551. The molecule has 8 heteroatoms. The first-order chi connectivity index (χ1) is 11.0. The van der Waals surface area contributed by atoms with E-state index < -0.39 is 17.9 Å². The standard InChI is InChI=1S/C15H13F2N5O/c16-8-2-1-3-9(17)12(8)13-7(14(18)23)6-11(21-13)10-4-5-20-15(19)22-10/h1-6,14,21,23H,18H2,(H2,19,20,22). The summed E-state index contributed by atoms with van der Waals surface area (Å²) in [5.41, 5.74) is 11.7. The highest BCUT2D eigenvalue weighted by molar-refractivity contribution is 5.71. The molecule has 6 N–H and O–H groups in total. The van der Waals surface area contributed by atoms with Crippen LogP contribution >= 0.6 is 0 Å². The molecule has 0 spiro atoms. The fraction of sp³-hybridized carbons (Fsp3) is 0.0667. The minimum atomic E-state index is -1.42. The lowest BCUT2D eigenvalue weighted by atomic mass is 10.1. The van der Waals surface area contributed by atoms with Gasteiger partial charge in [-0.05, 0) is 24.3 Å². The molecule has 0 aliphatic heterocycles. The maximum atomic E-state index is 14.0. The third-order valence-corrected chi connectivity index (χ3v) is 3.33. The topological polar surface area (TPSA) is 114 Å². The number of anilines is 1. The van der Waals surface area contributed by atoms with Gasteiger partial charge >= 0.3 is 0 Å². The van der Waals surface area contributed by atoms with Crippen LogP contribution in [0.4, 0.5) is 14.7 Å². The molecule has 1 atom stereocenters. The zero-order chi connectivity index (χ0) is 16.6. The van der Waals surface area contributed by atoms with Crippen LogP contribution in [0.5, 0.6) is 0 Å². The summed E-state index contributed by atoms with van der Waals surface area (Å²) in [6, 6.07) is 6.52. The van der Waals surface area contributed by atoms with Crippen molar-refractivity contribution >= 4 is 5.95 Å². The van der Waals surface area contributed by atoms with Crippen LogP contribution in [0.2, 0.25) is 0 Å². The van der Waals surface area contributed by atoms with E-state index in [1.807, 2.05) is 0 Å². The summed E-state index contributed by atoms with van der Waals surface area (Å²) < 4.78 is 28.1. The first-order valence-corrected chi connectivity index (χ1v) is 6.67. The molecule has 2 heterocycles. The van der Waals surface area contributed by atoms with E-state index in [2.05, 4.69) is 15.0 Å². The molecule has 2 aromatic heterocycles. The molecular weight excluding hydrogens is 304 g/mol. The minimum absolute atomic E-state index is 0.0442. The molecule has 3 aromatic rings. The Kier molecular flexibility index (Phi) is 3.77. The molecular formula is C15H13F2N5O. The third-order valence-electron chi connectivity index (χ3n) is 3.33. The van der Waals surface area contributed by atoms with Crippen molar-refractivity contribution in [2.24, 2.45) is 5.73 Å². The number of rotatable bonds is 3. The fourth-order valence-corrected chi connectivity index (χ4v) is 2.31. The molecule has 3 rings (SSSR count). The van der Waals surface area contributed by atoms with Gasteiger partial charge in [-0.25, -0.2) is 18.7 Å². The van der Waals surface area contributed by atoms with Crippen LogP contribution in [0.1, 0.15) is 11.8 Å². The summed E-state index contributed by atoms with van der Waals surface area (Å²) in [5, 5.41) is 9.72. The summed E-state index contributed by atoms with van der Waals surface area (Å²) in [6.45, 7) is 0. The monoisotopic (exact) mass is 317 g/mol. The number of nitrogens with zero attached hydrogens (tertiary/aromatic N) is 2. The van der Waals surface area contributed by atoms with Crippen molar-refractivity contribution in [2.75, 3.05) is 5.73 Å². The van der Waals surface area contributed by atoms with Gasteiger partial charge < -0.3 is 21.6 Å². The summed E-state index contributed by atoms with van der Waals surface area (Å²) in [5.74, 6) is -1.50. The summed E-state index contributed by atoms with van der Waals surface area (Å²) in [7, 11) is 0. The Morgan fingerprint density at radius 3 is 2.48 bits per heavy atom. The number of H-pyrrole nitrogens is 1. The van der Waals surface area contributed by atoms with Crippen LogP contribution in [-0.2, 0) is 0 Å². The Morgan fingerprint density at radius 1 is 1.17 bits per heavy atom. The van der Waals surface area contributed by atoms with E-state index in [4.69, 9.17) is 11.5 Å². The van der Waals surface area contributed by atoms with Gasteiger partial charge in [-0.1, -0.05) is 6.07 Å². The van der Waals surface area contributed by atoms with E-state index in [1.54, 1.807) is 6.07 Å². The number of aromatic amines is 1. The van der Waals surface area contributed by atoms with E-state index in [9.17, 15) is 13.9 Å². The van der Waals surface area contributed by atoms with Crippen LogP contribution in [0.3, 0.4) is 0 Å². The number of aliphatic hydroxyl groups is 1. The zero-order valence-electron chi connectivity index (χ0n) is 11.8. The van der Waals surface area contributed by atoms with Gasteiger partial charge in [0.15, 0.2) is 0 Å². The van der Waals surface area contributed by atoms with E-state index in [-0.39, 0.29) is 22.8 Å². The Labute approximate surface area is 129 Å². The van der Waals surface area contributed by atoms with Gasteiger partial charge in [0.05, 0.1) is 22.6 Å². The molecule has 118 valence electrons. The lowest BCUT2D eigenvalue weighted by Gasteiger charge is -2.08. The fourth-order valence-electron chi connectivity index (χ4n) is 2.31. The molecule has 0 amide bonds. The first-order valence-electron chi connectivity index (χ1n) is 6.67. The Hall–Kier alpha value is -2.84. The number of benzene rings is 1. The number of aromatic nitrogens is 3. The highest BCUT2D eigenvalue weighted by Gasteiger charge is 2.21. The van der Waals surface area contributed by atoms with Crippen molar-refractivity contribution in [3.8, 4) is 22.6 Å². The van der Waals surface area contributed by atoms with Crippen LogP contribution in [0.15, 0.2) is 36.5 Å². The van der Waals surface area contributed by atoms with E-state index in [0.717, 1.165) is 12.1 Å². The third kappa shape index (κ3) is 2.77. The van der Waals surface area contributed by atoms with Gasteiger partial charge in [-0.15, -0.1) is 0 Å². The van der Waals surface area contributed by atoms with Crippen molar-refractivity contribution in [2.45, 2.75) is 6.23 Å². The second-order valence-electron chi connectivity index (χ2n) is 4.85. The Bertz CT molecular complexity index is 843. The maximum Gasteiger partial charge on any atom is 0.220 e. The van der Waals surface area contributed by atoms with Gasteiger partial charge in [0.2, 0.25) is 5.95 Å².